The maximum absolute atomic E-state index is 5.25. The second-order valence-electron chi connectivity index (χ2n) is 28.3. The Kier molecular flexibility index (Phi) is 15.9. The number of hydrogen-bond donors (Lipinski definition) is 0. The topological polar surface area (TPSA) is 56.5 Å². The molecule has 10 heteroatoms. The van der Waals surface area contributed by atoms with Gasteiger partial charge < -0.3 is 4.57 Å². The van der Waals surface area contributed by atoms with Gasteiger partial charge in [0, 0.05) is 137 Å². The summed E-state index contributed by atoms with van der Waals surface area (Å²) >= 11 is 11.0. The number of fused-ring (bicyclic) bond motifs is 26. The molecule has 111 heavy (non-hydrogen) atoms. The molecule has 0 N–H and O–H groups in total. The predicted octanol–water partition coefficient (Wildman–Crippen LogP) is 29.9. The molecule has 0 saturated heterocycles. The first-order chi connectivity index (χ1) is 54.9. The molecule has 7 heterocycles. The van der Waals surface area contributed by atoms with Crippen molar-refractivity contribution in [2.75, 3.05) is 0 Å². The minimum Gasteiger partial charge on any atom is -0.308 e. The number of halogens is 1. The van der Waals surface area contributed by atoms with E-state index >= 15 is 0 Å². The van der Waals surface area contributed by atoms with Crippen LogP contribution in [0.15, 0.2) is 356 Å². The lowest BCUT2D eigenvalue weighted by Crippen LogP contribution is -1.97. The zero-order valence-corrected chi connectivity index (χ0v) is 64.3. The Morgan fingerprint density at radius 3 is 1.21 bits per heavy atom. The van der Waals surface area contributed by atoms with Gasteiger partial charge in [0.1, 0.15) is 0 Å². The first kappa shape index (κ1) is 65.4. The number of hydrogen-bond acceptors (Lipinski definition) is 8. The van der Waals surface area contributed by atoms with Gasteiger partial charge in [-0.15, -0.1) is 45.3 Å². The molecule has 0 amide bonds. The molecule has 0 unspecified atom stereocenters. The third-order valence-electron chi connectivity index (χ3n) is 21.9. The summed E-state index contributed by atoms with van der Waals surface area (Å²) in [5.74, 6) is 1.43. The van der Waals surface area contributed by atoms with Gasteiger partial charge in [-0.3, -0.25) is 0 Å². The highest BCUT2D eigenvalue weighted by atomic mass is 79.9. The van der Waals surface area contributed by atoms with Crippen LogP contribution in [0.3, 0.4) is 0 Å². The first-order valence-corrected chi connectivity index (χ1v) is 41.3. The van der Waals surface area contributed by atoms with Gasteiger partial charge >= 0.3 is 0 Å². The summed E-state index contributed by atoms with van der Waals surface area (Å²) in [5.41, 5.74) is 19.4. The summed E-state index contributed by atoms with van der Waals surface area (Å²) in [7, 11) is 0. The highest BCUT2D eigenvalue weighted by Gasteiger charge is 2.27. The van der Waals surface area contributed by atoms with Gasteiger partial charge in [-0.25, -0.2) is 19.9 Å². The SMILES string of the molecule is Brc1ccc(-c2nc(-c3ccccc3)cc(-c3ccc4sc5ccccc5c4c3)n2)cc1.c1ccc(-c2cc(-c3ccc4sc5ccccc5c4c3)nc(-c3ccc(-n4c5ccccc5c5c6ccccc6c6c7ccccc7sc6c54)cc3)n2)cc1.c1ccc2c(c1)Cc1c-2c2ccccc2c2c1sc1ccccc12. The highest BCUT2D eigenvalue weighted by Crippen LogP contribution is 2.52. The first-order valence-electron chi connectivity index (χ1n) is 37.2. The Bertz CT molecular complexity index is 7690. The minimum absolute atomic E-state index is 0.707. The van der Waals surface area contributed by atoms with E-state index in [4.69, 9.17) is 19.9 Å². The minimum atomic E-state index is 0.707. The summed E-state index contributed by atoms with van der Waals surface area (Å²) < 4.78 is 14.2. The molecule has 0 bridgehead atoms. The average molecular weight is 1550 g/mol. The number of nitrogens with zero attached hydrogens (tertiary/aromatic N) is 5. The monoisotopic (exact) mass is 1550 g/mol. The number of aromatic nitrogens is 5. The number of para-hydroxylation sites is 1. The Labute approximate surface area is 662 Å². The lowest BCUT2D eigenvalue weighted by Gasteiger charge is -2.12. The van der Waals surface area contributed by atoms with Crippen LogP contribution in [0.1, 0.15) is 11.1 Å². The molecule has 0 aliphatic heterocycles. The summed E-state index contributed by atoms with van der Waals surface area (Å²) in [4.78, 5) is 20.3. The predicted molar refractivity (Wildman–Crippen MR) is 480 cm³/mol. The molecule has 1 aliphatic carbocycles. The van der Waals surface area contributed by atoms with E-state index in [0.29, 0.717) is 5.82 Å². The fourth-order valence-corrected chi connectivity index (χ4v) is 21.8. The molecule has 0 spiro atoms. The van der Waals surface area contributed by atoms with Crippen LogP contribution in [0.4, 0.5) is 0 Å². The fourth-order valence-electron chi connectivity index (χ4n) is 16.8. The third-order valence-corrected chi connectivity index (χ3v) is 27.1. The molecule has 16 aromatic carbocycles. The van der Waals surface area contributed by atoms with Crippen LogP contribution in [0, 0.1) is 0 Å². The number of rotatable bonds is 7. The molecule has 0 radical (unpaired) electrons. The van der Waals surface area contributed by atoms with Crippen molar-refractivity contribution in [3.8, 4) is 84.6 Å². The smallest absolute Gasteiger partial charge is 0.160 e. The summed E-state index contributed by atoms with van der Waals surface area (Å²) in [6.45, 7) is 0. The van der Waals surface area contributed by atoms with Crippen molar-refractivity contribution in [3.05, 3.63) is 367 Å². The summed E-state index contributed by atoms with van der Waals surface area (Å²) in [6, 6.07) is 126. The van der Waals surface area contributed by atoms with Gasteiger partial charge in [0.05, 0.1) is 38.5 Å². The Balaban J connectivity index is 0.000000114. The van der Waals surface area contributed by atoms with Gasteiger partial charge in [-0.2, -0.15) is 0 Å². The molecule has 23 aromatic rings. The van der Waals surface area contributed by atoms with E-state index in [9.17, 15) is 0 Å². The zero-order chi connectivity index (χ0) is 73.2. The van der Waals surface area contributed by atoms with Crippen molar-refractivity contribution in [3.63, 3.8) is 0 Å². The van der Waals surface area contributed by atoms with Crippen LogP contribution in [0.5, 0.6) is 0 Å². The van der Waals surface area contributed by atoms with Crippen LogP contribution in [0.2, 0.25) is 0 Å². The van der Waals surface area contributed by atoms with E-state index < -0.39 is 0 Å². The van der Waals surface area contributed by atoms with Gasteiger partial charge in [-0.05, 0) is 147 Å². The van der Waals surface area contributed by atoms with E-state index in [2.05, 4.69) is 324 Å². The van der Waals surface area contributed by atoms with Crippen molar-refractivity contribution in [2.45, 2.75) is 6.42 Å². The van der Waals surface area contributed by atoms with Gasteiger partial charge in [0.25, 0.3) is 0 Å². The average Bonchev–Trinajstić information content (AvgIpc) is 1.53. The van der Waals surface area contributed by atoms with Crippen molar-refractivity contribution < 1.29 is 0 Å². The number of thiophene rings is 4. The van der Waals surface area contributed by atoms with E-state index in [1.165, 1.54) is 146 Å². The van der Waals surface area contributed by atoms with Gasteiger partial charge in [0.2, 0.25) is 0 Å². The van der Waals surface area contributed by atoms with Crippen LogP contribution in [-0.2, 0) is 6.42 Å². The van der Waals surface area contributed by atoms with E-state index in [0.717, 1.165) is 78.6 Å². The van der Waals surface area contributed by atoms with Gasteiger partial charge in [-0.1, -0.05) is 265 Å². The number of benzene rings is 16. The largest absolute Gasteiger partial charge is 0.308 e. The normalized spacial score (nSPS) is 12.0. The maximum Gasteiger partial charge on any atom is 0.160 e. The van der Waals surface area contributed by atoms with Crippen LogP contribution in [0.25, 0.3) is 209 Å². The third kappa shape index (κ3) is 11.2. The maximum atomic E-state index is 5.25. The molecule has 1 aliphatic rings. The standard InChI is InChI=1S/C50H29N3S2.C28H17BrN2S.C23H14S/c1-2-12-30(13-3-1)40-29-41(32-24-27-45-39(28-32)34-14-7-10-20-43(34)54-45)52-50(51-40)31-22-25-33(26-23-31)53-42-19-9-6-17-37(42)46-35-15-4-5-16-36(35)47-38-18-8-11-21-44(38)55-49(47)48(46)53;29-21-13-10-19(11-14-21)28-30-24(18-6-2-1-3-7-18)17-25(31-28)20-12-15-27-23(16-20)22-8-4-5-9-26(22)32-27;1-2-8-15-14(7-1)13-19-21(15)16-9-3-4-10-17(16)22-18-11-5-6-12-20(18)24-23(19)22/h1-29H;1-17H;1-12H,13H2. The zero-order valence-electron chi connectivity index (χ0n) is 59.4. The van der Waals surface area contributed by atoms with Crippen molar-refractivity contribution in [1.82, 2.24) is 24.5 Å². The van der Waals surface area contributed by atoms with Crippen molar-refractivity contribution >= 4 is 185 Å². The molecule has 0 atom stereocenters. The molecule has 0 fully saturated rings. The molecular weight excluding hydrogens is 1490 g/mol. The summed E-state index contributed by atoms with van der Waals surface area (Å²) in [6.07, 6.45) is 1.06. The van der Waals surface area contributed by atoms with Crippen LogP contribution >= 0.6 is 61.3 Å². The molecule has 5 nitrogen and oxygen atoms in total. The van der Waals surface area contributed by atoms with Crippen LogP contribution < -0.4 is 0 Å². The highest BCUT2D eigenvalue weighted by molar-refractivity contribution is 9.10. The fraction of sp³-hybridized carbons (Fsp3) is 0.00990. The molecule has 7 aromatic heterocycles. The van der Waals surface area contributed by atoms with Gasteiger partial charge in [0.15, 0.2) is 11.6 Å². The summed E-state index contributed by atoms with van der Waals surface area (Å²) in [5, 5.41) is 18.5. The second kappa shape index (κ2) is 26.9. The molecule has 0 saturated carbocycles. The molecular formula is C101H60BrN5S4. The lowest BCUT2D eigenvalue weighted by atomic mass is 9.94. The van der Waals surface area contributed by atoms with E-state index in [1.807, 2.05) is 93.9 Å². The van der Waals surface area contributed by atoms with E-state index in [-0.39, 0.29) is 0 Å². The Morgan fingerprint density at radius 2 is 0.658 bits per heavy atom. The van der Waals surface area contributed by atoms with Crippen molar-refractivity contribution in [2.24, 2.45) is 0 Å². The molecule has 520 valence electrons. The van der Waals surface area contributed by atoms with E-state index in [1.54, 1.807) is 0 Å². The van der Waals surface area contributed by atoms with Crippen LogP contribution in [-0.4, -0.2) is 24.5 Å². The lowest BCUT2D eigenvalue weighted by molar-refractivity contribution is 1.17. The van der Waals surface area contributed by atoms with Crippen molar-refractivity contribution in [1.29, 1.82) is 0 Å². The molecule has 24 rings (SSSR count). The Hall–Kier alpha value is -12.6. The quantitative estimate of drug-likeness (QED) is 0.160. The second-order valence-corrected chi connectivity index (χ2v) is 33.5. The Morgan fingerprint density at radius 1 is 0.270 bits per heavy atom.